The molecule has 2 aromatic rings. The van der Waals surface area contributed by atoms with Gasteiger partial charge in [-0.05, 0) is 36.8 Å². The second kappa shape index (κ2) is 6.79. The summed E-state index contributed by atoms with van der Waals surface area (Å²) in [5.74, 6) is -1.83. The number of hydrogen-bond acceptors (Lipinski definition) is 4. The van der Waals surface area contributed by atoms with Crippen LogP contribution in [0.2, 0.25) is 0 Å². The molecule has 5 nitrogen and oxygen atoms in total. The van der Waals surface area contributed by atoms with Crippen molar-refractivity contribution in [2.24, 2.45) is 5.41 Å². The van der Waals surface area contributed by atoms with E-state index in [1.54, 1.807) is 36.4 Å². The zero-order valence-corrected chi connectivity index (χ0v) is 16.7. The third kappa shape index (κ3) is 2.98. The second-order valence-corrected chi connectivity index (χ2v) is 9.57. The summed E-state index contributed by atoms with van der Waals surface area (Å²) >= 11 is 3.34. The highest BCUT2D eigenvalue weighted by atomic mass is 79.9. The molecule has 1 aliphatic rings. The predicted molar refractivity (Wildman–Crippen MR) is 101 cm³/mol. The van der Waals surface area contributed by atoms with Crippen molar-refractivity contribution in [2.75, 3.05) is 13.7 Å². The summed E-state index contributed by atoms with van der Waals surface area (Å²) in [7, 11) is -2.45. The third-order valence-corrected chi connectivity index (χ3v) is 7.77. The molecule has 3 rings (SSSR count). The van der Waals surface area contributed by atoms with Crippen molar-refractivity contribution in [2.45, 2.75) is 23.0 Å². The third-order valence-electron chi connectivity index (χ3n) is 4.95. The number of methoxy groups -OCH3 is 1. The molecule has 1 fully saturated rings. The van der Waals surface area contributed by atoms with Crippen molar-refractivity contribution in [1.29, 1.82) is 0 Å². The highest BCUT2D eigenvalue weighted by Crippen LogP contribution is 2.64. The topological polar surface area (TPSA) is 80.7 Å². The minimum atomic E-state index is -3.84. The number of halogens is 1. The molecule has 138 valence electrons. The fourth-order valence-electron chi connectivity index (χ4n) is 3.60. The largest absolute Gasteiger partial charge is 0.481 e. The lowest BCUT2D eigenvalue weighted by Gasteiger charge is -2.12. The number of sulfone groups is 1. The Morgan fingerprint density at radius 1 is 1.15 bits per heavy atom. The Labute approximate surface area is 161 Å². The van der Waals surface area contributed by atoms with Crippen molar-refractivity contribution >= 4 is 31.7 Å². The standard InChI is InChI=1S/C19H19BrO5S/c1-12-3-9-15(10-4-12)26(23,24)17-16(13-5-7-14(20)8-6-13)19(17,11-25-2)18(21)22/h3-10,16-17H,11H2,1-2H3,(H,21,22). The van der Waals surface area contributed by atoms with Crippen LogP contribution >= 0.6 is 15.9 Å². The maximum absolute atomic E-state index is 13.2. The summed E-state index contributed by atoms with van der Waals surface area (Å²) in [6.07, 6.45) is 0. The van der Waals surface area contributed by atoms with E-state index in [2.05, 4.69) is 15.9 Å². The average molecular weight is 439 g/mol. The smallest absolute Gasteiger partial charge is 0.314 e. The van der Waals surface area contributed by atoms with Gasteiger partial charge in [0, 0.05) is 17.5 Å². The molecule has 1 aliphatic carbocycles. The first kappa shape index (κ1) is 19.1. The van der Waals surface area contributed by atoms with E-state index < -0.39 is 32.4 Å². The van der Waals surface area contributed by atoms with Gasteiger partial charge in [-0.3, -0.25) is 4.79 Å². The molecule has 2 aromatic carbocycles. The number of carboxylic acids is 1. The number of rotatable bonds is 6. The van der Waals surface area contributed by atoms with Crippen molar-refractivity contribution < 1.29 is 23.1 Å². The van der Waals surface area contributed by atoms with E-state index in [1.807, 2.05) is 6.92 Å². The van der Waals surface area contributed by atoms with Crippen LogP contribution in [0.25, 0.3) is 0 Å². The Bertz CT molecular complexity index is 921. The van der Waals surface area contributed by atoms with Gasteiger partial charge in [-0.15, -0.1) is 0 Å². The molecule has 0 aromatic heterocycles. The molecule has 3 atom stereocenters. The minimum absolute atomic E-state index is 0.134. The molecule has 3 unspecified atom stereocenters. The molecule has 7 heteroatoms. The lowest BCUT2D eigenvalue weighted by atomic mass is 10.0. The maximum atomic E-state index is 13.2. The van der Waals surface area contributed by atoms with Crippen molar-refractivity contribution in [1.82, 2.24) is 0 Å². The van der Waals surface area contributed by atoms with Crippen LogP contribution < -0.4 is 0 Å². The van der Waals surface area contributed by atoms with Gasteiger partial charge in [0.15, 0.2) is 9.84 Å². The molecule has 1 saturated carbocycles. The van der Waals surface area contributed by atoms with Crippen LogP contribution in [-0.4, -0.2) is 38.5 Å². The molecule has 1 N–H and O–H groups in total. The maximum Gasteiger partial charge on any atom is 0.314 e. The zero-order valence-electron chi connectivity index (χ0n) is 14.3. The first-order valence-electron chi connectivity index (χ1n) is 8.03. The van der Waals surface area contributed by atoms with Crippen molar-refractivity contribution in [3.05, 3.63) is 64.1 Å². The Hall–Kier alpha value is -1.70. The van der Waals surface area contributed by atoms with Gasteiger partial charge in [-0.25, -0.2) is 8.42 Å². The SMILES string of the molecule is COCC1(C(=O)O)C(c2ccc(Br)cc2)C1S(=O)(=O)c1ccc(C)cc1. The lowest BCUT2D eigenvalue weighted by Crippen LogP contribution is -2.28. The van der Waals surface area contributed by atoms with Gasteiger partial charge < -0.3 is 9.84 Å². The summed E-state index contributed by atoms with van der Waals surface area (Å²) in [5, 5.41) is 8.82. The lowest BCUT2D eigenvalue weighted by molar-refractivity contribution is -0.145. The number of ether oxygens (including phenoxy) is 1. The van der Waals surface area contributed by atoms with Crippen LogP contribution in [0, 0.1) is 12.3 Å². The van der Waals surface area contributed by atoms with Crippen LogP contribution in [-0.2, 0) is 19.4 Å². The first-order valence-corrected chi connectivity index (χ1v) is 10.4. The first-order chi connectivity index (χ1) is 12.2. The summed E-state index contributed by atoms with van der Waals surface area (Å²) < 4.78 is 32.4. The number of hydrogen-bond donors (Lipinski definition) is 1. The van der Waals surface area contributed by atoms with Crippen LogP contribution in [0.1, 0.15) is 17.0 Å². The zero-order chi connectivity index (χ0) is 19.1. The van der Waals surface area contributed by atoms with Gasteiger partial charge >= 0.3 is 5.97 Å². The molecular weight excluding hydrogens is 420 g/mol. The number of carboxylic acid groups (broad SMARTS) is 1. The number of aryl methyl sites for hydroxylation is 1. The molecule has 0 spiro atoms. The Morgan fingerprint density at radius 3 is 2.23 bits per heavy atom. The van der Waals surface area contributed by atoms with Gasteiger partial charge in [0.25, 0.3) is 0 Å². The Balaban J connectivity index is 2.11. The summed E-state index contributed by atoms with van der Waals surface area (Å²) in [4.78, 5) is 12.2. The second-order valence-electron chi connectivity index (χ2n) is 6.59. The molecular formula is C19H19BrO5S. The van der Waals surface area contributed by atoms with E-state index in [4.69, 9.17) is 4.74 Å². The molecule has 0 saturated heterocycles. The molecule has 0 aliphatic heterocycles. The van der Waals surface area contributed by atoms with Gasteiger partial charge in [0.1, 0.15) is 5.41 Å². The van der Waals surface area contributed by atoms with E-state index in [0.717, 1.165) is 10.0 Å². The van der Waals surface area contributed by atoms with Crippen LogP contribution in [0.3, 0.4) is 0 Å². The molecule has 0 heterocycles. The molecule has 0 radical (unpaired) electrons. The normalized spacial score (nSPS) is 25.0. The monoisotopic (exact) mass is 438 g/mol. The number of carbonyl (C=O) groups is 1. The van der Waals surface area contributed by atoms with Gasteiger partial charge in [0.05, 0.1) is 16.8 Å². The van der Waals surface area contributed by atoms with E-state index in [1.165, 1.54) is 19.2 Å². The van der Waals surface area contributed by atoms with E-state index >= 15 is 0 Å². The predicted octanol–water partition coefficient (Wildman–Crippen LogP) is 3.41. The number of benzene rings is 2. The Morgan fingerprint density at radius 2 is 1.73 bits per heavy atom. The Kier molecular flexibility index (Phi) is 4.98. The van der Waals surface area contributed by atoms with Crippen LogP contribution in [0.5, 0.6) is 0 Å². The number of aliphatic carboxylic acids is 1. The average Bonchev–Trinajstić information content (AvgIpc) is 3.27. The summed E-state index contributed by atoms with van der Waals surface area (Å²) in [5.41, 5.74) is 0.116. The van der Waals surface area contributed by atoms with E-state index in [-0.39, 0.29) is 11.5 Å². The van der Waals surface area contributed by atoms with Crippen LogP contribution in [0.15, 0.2) is 57.9 Å². The molecule has 0 bridgehead atoms. The van der Waals surface area contributed by atoms with E-state index in [9.17, 15) is 18.3 Å². The summed E-state index contributed by atoms with van der Waals surface area (Å²) in [6.45, 7) is 1.70. The van der Waals surface area contributed by atoms with Gasteiger partial charge in [-0.2, -0.15) is 0 Å². The van der Waals surface area contributed by atoms with Crippen LogP contribution in [0.4, 0.5) is 0 Å². The summed E-state index contributed by atoms with van der Waals surface area (Å²) in [6, 6.07) is 13.6. The highest BCUT2D eigenvalue weighted by Gasteiger charge is 2.76. The fraction of sp³-hybridized carbons (Fsp3) is 0.316. The van der Waals surface area contributed by atoms with Crippen molar-refractivity contribution in [3.63, 3.8) is 0 Å². The van der Waals surface area contributed by atoms with Crippen molar-refractivity contribution in [3.8, 4) is 0 Å². The molecule has 26 heavy (non-hydrogen) atoms. The van der Waals surface area contributed by atoms with Gasteiger partial charge in [0.2, 0.25) is 0 Å². The highest BCUT2D eigenvalue weighted by molar-refractivity contribution is 9.10. The minimum Gasteiger partial charge on any atom is -0.481 e. The van der Waals surface area contributed by atoms with E-state index in [0.29, 0.717) is 5.56 Å². The fourth-order valence-corrected chi connectivity index (χ4v) is 6.23. The quantitative estimate of drug-likeness (QED) is 0.746. The van der Waals surface area contributed by atoms with Gasteiger partial charge in [-0.1, -0.05) is 45.8 Å². The molecule has 0 amide bonds.